The number of benzene rings is 1. The number of hydrogen-bond acceptors (Lipinski definition) is 3. The molecule has 0 aliphatic heterocycles. The standard InChI is InChI=1S/C18H31NOS/c1-15(2)20-18-11-9-17(10-12-18)16(3)19-13-7-5-6-8-14-21-4/h9-12,15-16,19H,5-8,13-14H2,1-4H3. The van der Waals surface area contributed by atoms with Crippen LogP contribution in [0.5, 0.6) is 5.75 Å². The highest BCUT2D eigenvalue weighted by molar-refractivity contribution is 7.98. The SMILES string of the molecule is CSCCCCCCNC(C)c1ccc(OC(C)C)cc1. The smallest absolute Gasteiger partial charge is 0.119 e. The van der Waals surface area contributed by atoms with Crippen molar-refractivity contribution in [2.75, 3.05) is 18.6 Å². The summed E-state index contributed by atoms with van der Waals surface area (Å²) in [6.07, 6.45) is 7.74. The normalized spacial score (nSPS) is 12.6. The maximum atomic E-state index is 5.67. The first-order chi connectivity index (χ1) is 10.1. The van der Waals surface area contributed by atoms with Gasteiger partial charge in [-0.1, -0.05) is 25.0 Å². The van der Waals surface area contributed by atoms with E-state index in [-0.39, 0.29) is 6.10 Å². The molecule has 0 radical (unpaired) electrons. The first-order valence-electron chi connectivity index (χ1n) is 8.12. The van der Waals surface area contributed by atoms with Gasteiger partial charge in [-0.05, 0) is 69.9 Å². The van der Waals surface area contributed by atoms with Crippen LogP contribution in [0, 0.1) is 0 Å². The summed E-state index contributed by atoms with van der Waals surface area (Å²) >= 11 is 1.95. The quantitative estimate of drug-likeness (QED) is 0.578. The van der Waals surface area contributed by atoms with Crippen LogP contribution in [0.4, 0.5) is 0 Å². The second-order valence-corrected chi connectivity index (χ2v) is 6.80. The molecule has 0 bridgehead atoms. The molecule has 21 heavy (non-hydrogen) atoms. The van der Waals surface area contributed by atoms with Crippen LogP contribution >= 0.6 is 11.8 Å². The van der Waals surface area contributed by atoms with Gasteiger partial charge in [0, 0.05) is 6.04 Å². The van der Waals surface area contributed by atoms with Gasteiger partial charge in [-0.3, -0.25) is 0 Å². The molecule has 0 saturated heterocycles. The van der Waals surface area contributed by atoms with Crippen LogP contribution in [0.15, 0.2) is 24.3 Å². The first-order valence-corrected chi connectivity index (χ1v) is 9.51. The van der Waals surface area contributed by atoms with Gasteiger partial charge in [-0.15, -0.1) is 0 Å². The highest BCUT2D eigenvalue weighted by atomic mass is 32.2. The molecule has 3 heteroatoms. The maximum Gasteiger partial charge on any atom is 0.119 e. The lowest BCUT2D eigenvalue weighted by Crippen LogP contribution is -2.19. The van der Waals surface area contributed by atoms with Crippen molar-refractivity contribution in [2.24, 2.45) is 0 Å². The third kappa shape index (κ3) is 8.37. The Bertz CT molecular complexity index is 364. The highest BCUT2D eigenvalue weighted by Gasteiger charge is 2.05. The fraction of sp³-hybridized carbons (Fsp3) is 0.667. The summed E-state index contributed by atoms with van der Waals surface area (Å²) in [5, 5.41) is 3.60. The van der Waals surface area contributed by atoms with Crippen LogP contribution in [0.1, 0.15) is 58.1 Å². The van der Waals surface area contributed by atoms with E-state index in [1.807, 2.05) is 11.8 Å². The molecular formula is C18H31NOS. The molecule has 0 aliphatic rings. The lowest BCUT2D eigenvalue weighted by atomic mass is 10.1. The van der Waals surface area contributed by atoms with Crippen LogP contribution in [-0.2, 0) is 0 Å². The van der Waals surface area contributed by atoms with Gasteiger partial charge in [-0.25, -0.2) is 0 Å². The summed E-state index contributed by atoms with van der Waals surface area (Å²) in [5.41, 5.74) is 1.33. The van der Waals surface area contributed by atoms with E-state index >= 15 is 0 Å². The predicted octanol–water partition coefficient (Wildman–Crippen LogP) is 5.05. The lowest BCUT2D eigenvalue weighted by molar-refractivity contribution is 0.242. The number of unbranched alkanes of at least 4 members (excludes halogenated alkanes) is 3. The van der Waals surface area contributed by atoms with Crippen LogP contribution in [0.25, 0.3) is 0 Å². The fourth-order valence-corrected chi connectivity index (χ4v) is 2.76. The van der Waals surface area contributed by atoms with Gasteiger partial charge in [0.1, 0.15) is 5.75 Å². The van der Waals surface area contributed by atoms with Crippen molar-refractivity contribution < 1.29 is 4.74 Å². The summed E-state index contributed by atoms with van der Waals surface area (Å²) in [5.74, 6) is 2.25. The molecule has 0 aliphatic carbocycles. The van der Waals surface area contributed by atoms with Crippen molar-refractivity contribution in [1.82, 2.24) is 5.32 Å². The van der Waals surface area contributed by atoms with Crippen molar-refractivity contribution in [3.8, 4) is 5.75 Å². The van der Waals surface area contributed by atoms with Crippen molar-refractivity contribution in [3.63, 3.8) is 0 Å². The number of ether oxygens (including phenoxy) is 1. The van der Waals surface area contributed by atoms with E-state index in [0.717, 1.165) is 12.3 Å². The molecule has 0 aromatic heterocycles. The van der Waals surface area contributed by atoms with Crippen molar-refractivity contribution in [1.29, 1.82) is 0 Å². The minimum absolute atomic E-state index is 0.234. The Morgan fingerprint density at radius 2 is 1.67 bits per heavy atom. The number of nitrogens with one attached hydrogen (secondary N) is 1. The van der Waals surface area contributed by atoms with Crippen molar-refractivity contribution in [2.45, 2.75) is 58.6 Å². The molecule has 1 aromatic carbocycles. The summed E-state index contributed by atoms with van der Waals surface area (Å²) < 4.78 is 5.67. The summed E-state index contributed by atoms with van der Waals surface area (Å²) in [6, 6.07) is 8.86. The van der Waals surface area contributed by atoms with Crippen LogP contribution in [0.3, 0.4) is 0 Å². The van der Waals surface area contributed by atoms with Crippen LogP contribution < -0.4 is 10.1 Å². The van der Waals surface area contributed by atoms with E-state index in [0.29, 0.717) is 6.04 Å². The molecule has 0 heterocycles. The summed E-state index contributed by atoms with van der Waals surface area (Å²) in [4.78, 5) is 0. The third-order valence-corrected chi connectivity index (χ3v) is 4.17. The fourth-order valence-electron chi connectivity index (χ4n) is 2.27. The Kier molecular flexibility index (Phi) is 9.60. The molecule has 0 amide bonds. The molecule has 120 valence electrons. The van der Waals surface area contributed by atoms with E-state index < -0.39 is 0 Å². The van der Waals surface area contributed by atoms with Gasteiger partial charge in [0.2, 0.25) is 0 Å². The van der Waals surface area contributed by atoms with E-state index in [1.54, 1.807) is 0 Å². The van der Waals surface area contributed by atoms with Gasteiger partial charge in [0.25, 0.3) is 0 Å². The largest absolute Gasteiger partial charge is 0.491 e. The molecule has 0 spiro atoms. The van der Waals surface area contributed by atoms with Crippen LogP contribution in [0.2, 0.25) is 0 Å². The van der Waals surface area contributed by atoms with E-state index in [1.165, 1.54) is 37.0 Å². The molecule has 0 fully saturated rings. The number of hydrogen-bond donors (Lipinski definition) is 1. The first kappa shape index (κ1) is 18.4. The lowest BCUT2D eigenvalue weighted by Gasteiger charge is -2.15. The highest BCUT2D eigenvalue weighted by Crippen LogP contribution is 2.18. The molecule has 0 saturated carbocycles. The van der Waals surface area contributed by atoms with Crippen molar-refractivity contribution >= 4 is 11.8 Å². The minimum atomic E-state index is 0.234. The third-order valence-electron chi connectivity index (χ3n) is 3.48. The molecule has 1 aromatic rings. The van der Waals surface area contributed by atoms with E-state index in [2.05, 4.69) is 56.6 Å². The van der Waals surface area contributed by atoms with Gasteiger partial charge >= 0.3 is 0 Å². The monoisotopic (exact) mass is 309 g/mol. The molecule has 1 N–H and O–H groups in total. The molecule has 1 rings (SSSR count). The Balaban J connectivity index is 2.21. The van der Waals surface area contributed by atoms with Crippen LogP contribution in [-0.4, -0.2) is 24.7 Å². The Hall–Kier alpha value is -0.670. The zero-order chi connectivity index (χ0) is 15.5. The Morgan fingerprint density at radius 3 is 2.29 bits per heavy atom. The second-order valence-electron chi connectivity index (χ2n) is 5.82. The molecule has 2 nitrogen and oxygen atoms in total. The zero-order valence-electron chi connectivity index (χ0n) is 14.0. The molecule has 1 unspecified atom stereocenters. The molecule has 1 atom stereocenters. The summed E-state index contributed by atoms with van der Waals surface area (Å²) in [7, 11) is 0. The van der Waals surface area contributed by atoms with Crippen molar-refractivity contribution in [3.05, 3.63) is 29.8 Å². The Labute approximate surface area is 135 Å². The van der Waals surface area contributed by atoms with Gasteiger partial charge in [0.05, 0.1) is 6.10 Å². The average molecular weight is 310 g/mol. The van der Waals surface area contributed by atoms with E-state index in [9.17, 15) is 0 Å². The zero-order valence-corrected chi connectivity index (χ0v) is 14.8. The molecular weight excluding hydrogens is 278 g/mol. The number of thioether (sulfide) groups is 1. The van der Waals surface area contributed by atoms with E-state index in [4.69, 9.17) is 4.74 Å². The topological polar surface area (TPSA) is 21.3 Å². The minimum Gasteiger partial charge on any atom is -0.491 e. The van der Waals surface area contributed by atoms with Gasteiger partial charge < -0.3 is 10.1 Å². The van der Waals surface area contributed by atoms with Gasteiger partial charge in [-0.2, -0.15) is 11.8 Å². The summed E-state index contributed by atoms with van der Waals surface area (Å²) in [6.45, 7) is 7.44. The Morgan fingerprint density at radius 1 is 1.00 bits per heavy atom. The average Bonchev–Trinajstić information content (AvgIpc) is 2.46. The second kappa shape index (κ2) is 11.0. The predicted molar refractivity (Wildman–Crippen MR) is 95.5 cm³/mol. The number of rotatable bonds is 11. The van der Waals surface area contributed by atoms with Gasteiger partial charge in [0.15, 0.2) is 0 Å². The maximum absolute atomic E-state index is 5.67.